The van der Waals surface area contributed by atoms with E-state index in [9.17, 15) is 9.59 Å². The molecule has 0 aromatic carbocycles. The fourth-order valence-electron chi connectivity index (χ4n) is 1.83. The molecule has 0 saturated carbocycles. The zero-order valence-corrected chi connectivity index (χ0v) is 9.36. The maximum absolute atomic E-state index is 11.9. The molecule has 92 valence electrons. The van der Waals surface area contributed by atoms with Crippen LogP contribution in [0.2, 0.25) is 0 Å². The number of amides is 1. The van der Waals surface area contributed by atoms with Crippen LogP contribution < -0.4 is 16.5 Å². The number of nitrogen functional groups attached to an aromatic ring is 1. The number of rotatable bonds is 2. The lowest BCUT2D eigenvalue weighted by Crippen LogP contribution is -2.41. The van der Waals surface area contributed by atoms with Gasteiger partial charge in [-0.15, -0.1) is 0 Å². The molecule has 1 amide bonds. The van der Waals surface area contributed by atoms with Gasteiger partial charge in [0.2, 0.25) is 0 Å². The molecule has 0 aliphatic carbocycles. The molecule has 0 atom stereocenters. The van der Waals surface area contributed by atoms with Crippen LogP contribution in [0.5, 0.6) is 0 Å². The van der Waals surface area contributed by atoms with Gasteiger partial charge in [0.05, 0.1) is 0 Å². The van der Waals surface area contributed by atoms with Crippen molar-refractivity contribution in [1.82, 2.24) is 10.3 Å². The molecule has 1 aromatic rings. The third-order valence-electron chi connectivity index (χ3n) is 2.77. The van der Waals surface area contributed by atoms with Gasteiger partial charge in [-0.05, 0) is 12.8 Å². The Morgan fingerprint density at radius 1 is 1.47 bits per heavy atom. The summed E-state index contributed by atoms with van der Waals surface area (Å²) < 4.78 is 5.19. The van der Waals surface area contributed by atoms with Crippen LogP contribution in [0.1, 0.15) is 23.2 Å². The monoisotopic (exact) mass is 237 g/mol. The Kier molecular flexibility index (Phi) is 3.43. The summed E-state index contributed by atoms with van der Waals surface area (Å²) in [5, 5.41) is 2.80. The van der Waals surface area contributed by atoms with Crippen molar-refractivity contribution in [1.29, 1.82) is 0 Å². The summed E-state index contributed by atoms with van der Waals surface area (Å²) in [4.78, 5) is 26.1. The van der Waals surface area contributed by atoms with Crippen LogP contribution in [-0.4, -0.2) is 30.1 Å². The number of hydrogen-bond acceptors (Lipinski definition) is 4. The van der Waals surface area contributed by atoms with Gasteiger partial charge in [0, 0.05) is 31.5 Å². The Morgan fingerprint density at radius 2 is 2.18 bits per heavy atom. The Balaban J connectivity index is 2.11. The number of nitrogens with one attached hydrogen (secondary N) is 2. The highest BCUT2D eigenvalue weighted by Crippen LogP contribution is 2.08. The third kappa shape index (κ3) is 2.65. The van der Waals surface area contributed by atoms with Crippen molar-refractivity contribution in [2.24, 2.45) is 0 Å². The number of anilines is 1. The molecule has 0 spiro atoms. The second-order valence-electron chi connectivity index (χ2n) is 3.99. The second kappa shape index (κ2) is 5.01. The number of pyridine rings is 1. The standard InChI is InChI=1S/C11H15N3O3/c12-10-9(8(15)1-4-13-10)11(16)14-7-2-5-17-6-3-7/h1,4,7H,2-3,5-6H2,(H,14,16)(H3,12,13,15). The first kappa shape index (κ1) is 11.7. The van der Waals surface area contributed by atoms with E-state index >= 15 is 0 Å². The highest BCUT2D eigenvalue weighted by molar-refractivity contribution is 5.98. The van der Waals surface area contributed by atoms with Crippen LogP contribution in [0.15, 0.2) is 17.1 Å². The highest BCUT2D eigenvalue weighted by Gasteiger charge is 2.20. The summed E-state index contributed by atoms with van der Waals surface area (Å²) in [5.74, 6) is -0.321. The minimum atomic E-state index is -0.420. The molecule has 1 fully saturated rings. The molecule has 1 aliphatic heterocycles. The first-order chi connectivity index (χ1) is 8.18. The Labute approximate surface area is 98.2 Å². The molecule has 0 radical (unpaired) electrons. The van der Waals surface area contributed by atoms with E-state index in [0.717, 1.165) is 12.8 Å². The second-order valence-corrected chi connectivity index (χ2v) is 3.99. The quantitative estimate of drug-likeness (QED) is 0.667. The molecule has 2 heterocycles. The van der Waals surface area contributed by atoms with Gasteiger partial charge in [-0.3, -0.25) is 9.59 Å². The maximum atomic E-state index is 11.9. The number of hydrogen-bond donors (Lipinski definition) is 3. The minimum absolute atomic E-state index is 0.0148. The number of carbonyl (C=O) groups excluding carboxylic acids is 1. The minimum Gasteiger partial charge on any atom is -0.384 e. The lowest BCUT2D eigenvalue weighted by atomic mass is 10.1. The number of ether oxygens (including phenoxy) is 1. The molecule has 0 unspecified atom stereocenters. The fraction of sp³-hybridized carbons (Fsp3) is 0.455. The van der Waals surface area contributed by atoms with Crippen molar-refractivity contribution in [3.63, 3.8) is 0 Å². The van der Waals surface area contributed by atoms with E-state index in [1.165, 1.54) is 12.3 Å². The van der Waals surface area contributed by atoms with Crippen molar-refractivity contribution < 1.29 is 9.53 Å². The van der Waals surface area contributed by atoms with E-state index in [0.29, 0.717) is 13.2 Å². The largest absolute Gasteiger partial charge is 0.384 e. The number of nitrogens with two attached hydrogens (primary N) is 1. The zero-order chi connectivity index (χ0) is 12.3. The van der Waals surface area contributed by atoms with Crippen molar-refractivity contribution in [3.05, 3.63) is 28.0 Å². The number of aromatic amines is 1. The van der Waals surface area contributed by atoms with Gasteiger partial charge in [0.15, 0.2) is 5.43 Å². The molecule has 1 aromatic heterocycles. The topological polar surface area (TPSA) is 97.2 Å². The van der Waals surface area contributed by atoms with E-state index in [1.54, 1.807) is 0 Å². The van der Waals surface area contributed by atoms with Crippen LogP contribution in [0.3, 0.4) is 0 Å². The van der Waals surface area contributed by atoms with Gasteiger partial charge < -0.3 is 20.8 Å². The molecule has 1 saturated heterocycles. The summed E-state index contributed by atoms with van der Waals surface area (Å²) in [6.45, 7) is 1.26. The number of H-pyrrole nitrogens is 1. The van der Waals surface area contributed by atoms with Crippen LogP contribution in [0, 0.1) is 0 Å². The van der Waals surface area contributed by atoms with Gasteiger partial charge in [0.1, 0.15) is 11.4 Å². The average molecular weight is 237 g/mol. The lowest BCUT2D eigenvalue weighted by Gasteiger charge is -2.23. The van der Waals surface area contributed by atoms with E-state index in [2.05, 4.69) is 10.3 Å². The molecule has 4 N–H and O–H groups in total. The predicted octanol–water partition coefficient (Wildman–Crippen LogP) is -0.134. The zero-order valence-electron chi connectivity index (χ0n) is 9.36. The first-order valence-corrected chi connectivity index (χ1v) is 5.54. The van der Waals surface area contributed by atoms with Gasteiger partial charge in [-0.1, -0.05) is 0 Å². The van der Waals surface area contributed by atoms with E-state index in [1.807, 2.05) is 0 Å². The van der Waals surface area contributed by atoms with E-state index in [-0.39, 0.29) is 22.9 Å². The first-order valence-electron chi connectivity index (χ1n) is 5.54. The molecule has 0 bridgehead atoms. The highest BCUT2D eigenvalue weighted by atomic mass is 16.5. The SMILES string of the molecule is Nc1[nH]ccc(=O)c1C(=O)NC1CCOCC1. The van der Waals surface area contributed by atoms with Crippen molar-refractivity contribution in [2.75, 3.05) is 18.9 Å². The molecular weight excluding hydrogens is 222 g/mol. The van der Waals surface area contributed by atoms with Gasteiger partial charge in [-0.25, -0.2) is 0 Å². The summed E-state index contributed by atoms with van der Waals surface area (Å²) in [5.41, 5.74) is 5.20. The Hall–Kier alpha value is -1.82. The fourth-order valence-corrected chi connectivity index (χ4v) is 1.83. The Morgan fingerprint density at radius 3 is 2.82 bits per heavy atom. The maximum Gasteiger partial charge on any atom is 0.259 e. The van der Waals surface area contributed by atoms with Crippen molar-refractivity contribution >= 4 is 11.7 Å². The normalized spacial score (nSPS) is 16.7. The number of aromatic nitrogens is 1. The Bertz CT molecular complexity index is 463. The predicted molar refractivity (Wildman–Crippen MR) is 62.8 cm³/mol. The van der Waals surface area contributed by atoms with Crippen LogP contribution >= 0.6 is 0 Å². The molecule has 6 nitrogen and oxygen atoms in total. The van der Waals surface area contributed by atoms with Gasteiger partial charge >= 0.3 is 0 Å². The van der Waals surface area contributed by atoms with Gasteiger partial charge in [0.25, 0.3) is 5.91 Å². The molecular formula is C11H15N3O3. The lowest BCUT2D eigenvalue weighted by molar-refractivity contribution is 0.0696. The van der Waals surface area contributed by atoms with E-state index in [4.69, 9.17) is 10.5 Å². The molecule has 2 rings (SSSR count). The summed E-state index contributed by atoms with van der Waals surface area (Å²) in [6, 6.07) is 1.34. The number of carbonyl (C=O) groups is 1. The van der Waals surface area contributed by atoms with E-state index < -0.39 is 5.91 Å². The van der Waals surface area contributed by atoms with Crippen LogP contribution in [0.4, 0.5) is 5.82 Å². The third-order valence-corrected chi connectivity index (χ3v) is 2.77. The smallest absolute Gasteiger partial charge is 0.259 e. The van der Waals surface area contributed by atoms with Crippen molar-refractivity contribution in [3.8, 4) is 0 Å². The molecule has 17 heavy (non-hydrogen) atoms. The van der Waals surface area contributed by atoms with Crippen LogP contribution in [0.25, 0.3) is 0 Å². The average Bonchev–Trinajstić information content (AvgIpc) is 2.30. The van der Waals surface area contributed by atoms with Crippen molar-refractivity contribution in [2.45, 2.75) is 18.9 Å². The summed E-state index contributed by atoms with van der Waals surface area (Å²) in [7, 11) is 0. The molecule has 6 heteroatoms. The van der Waals surface area contributed by atoms with Crippen LogP contribution in [-0.2, 0) is 4.74 Å². The van der Waals surface area contributed by atoms with Gasteiger partial charge in [-0.2, -0.15) is 0 Å². The summed E-state index contributed by atoms with van der Waals surface area (Å²) >= 11 is 0. The molecule has 1 aliphatic rings. The summed E-state index contributed by atoms with van der Waals surface area (Å²) in [6.07, 6.45) is 2.94.